The SMILES string of the molecule is CCN(CC)c1ncnc2sc(C(=O)N3CC(C)CC(C)C3)c(C)c12. The predicted octanol–water partition coefficient (Wildman–Crippen LogP) is 3.96. The number of rotatable bonds is 4. The van der Waals surface area contributed by atoms with Crippen molar-refractivity contribution < 1.29 is 4.79 Å². The smallest absolute Gasteiger partial charge is 0.264 e. The molecule has 0 spiro atoms. The highest BCUT2D eigenvalue weighted by Crippen LogP contribution is 2.36. The molecule has 1 aliphatic rings. The summed E-state index contributed by atoms with van der Waals surface area (Å²) in [7, 11) is 0. The van der Waals surface area contributed by atoms with Gasteiger partial charge in [-0.15, -0.1) is 11.3 Å². The summed E-state index contributed by atoms with van der Waals surface area (Å²) in [6, 6.07) is 0. The van der Waals surface area contributed by atoms with Gasteiger partial charge in [0.05, 0.1) is 10.3 Å². The van der Waals surface area contributed by atoms with Crippen molar-refractivity contribution in [3.8, 4) is 0 Å². The van der Waals surface area contributed by atoms with Gasteiger partial charge in [-0.2, -0.15) is 0 Å². The van der Waals surface area contributed by atoms with Crippen LogP contribution in [0.5, 0.6) is 0 Å². The zero-order valence-electron chi connectivity index (χ0n) is 15.9. The predicted molar refractivity (Wildman–Crippen MR) is 105 cm³/mol. The molecule has 1 fully saturated rings. The lowest BCUT2D eigenvalue weighted by Gasteiger charge is -2.34. The van der Waals surface area contributed by atoms with E-state index in [1.54, 1.807) is 6.33 Å². The minimum Gasteiger partial charge on any atom is -0.357 e. The molecule has 136 valence electrons. The number of hydrogen-bond acceptors (Lipinski definition) is 5. The van der Waals surface area contributed by atoms with Gasteiger partial charge in [0.25, 0.3) is 5.91 Å². The molecule has 3 heterocycles. The Labute approximate surface area is 154 Å². The van der Waals surface area contributed by atoms with Gasteiger partial charge in [-0.3, -0.25) is 4.79 Å². The van der Waals surface area contributed by atoms with E-state index in [-0.39, 0.29) is 5.91 Å². The van der Waals surface area contributed by atoms with E-state index >= 15 is 0 Å². The van der Waals surface area contributed by atoms with Crippen molar-refractivity contribution in [3.05, 3.63) is 16.8 Å². The molecule has 1 amide bonds. The number of thiophene rings is 1. The fraction of sp³-hybridized carbons (Fsp3) is 0.632. The average molecular weight is 361 g/mol. The molecule has 0 aliphatic carbocycles. The van der Waals surface area contributed by atoms with Gasteiger partial charge in [0.15, 0.2) is 0 Å². The van der Waals surface area contributed by atoms with E-state index < -0.39 is 0 Å². The molecular formula is C19H28N4OS. The van der Waals surface area contributed by atoms with Crippen LogP contribution in [0.1, 0.15) is 49.4 Å². The third-order valence-electron chi connectivity index (χ3n) is 5.12. The number of nitrogens with zero attached hydrogens (tertiary/aromatic N) is 4. The normalized spacial score (nSPS) is 20.9. The molecule has 0 saturated carbocycles. The van der Waals surface area contributed by atoms with Crippen LogP contribution < -0.4 is 4.90 Å². The van der Waals surface area contributed by atoms with Crippen LogP contribution >= 0.6 is 11.3 Å². The van der Waals surface area contributed by atoms with Crippen LogP contribution in [0, 0.1) is 18.8 Å². The first-order chi connectivity index (χ1) is 12.0. The summed E-state index contributed by atoms with van der Waals surface area (Å²) in [5.74, 6) is 2.23. The first-order valence-electron chi connectivity index (χ1n) is 9.24. The second-order valence-corrected chi connectivity index (χ2v) is 8.26. The summed E-state index contributed by atoms with van der Waals surface area (Å²) < 4.78 is 0. The topological polar surface area (TPSA) is 49.3 Å². The number of anilines is 1. The first-order valence-corrected chi connectivity index (χ1v) is 10.1. The fourth-order valence-corrected chi connectivity index (χ4v) is 5.10. The van der Waals surface area contributed by atoms with Crippen molar-refractivity contribution in [3.63, 3.8) is 0 Å². The van der Waals surface area contributed by atoms with Crippen molar-refractivity contribution in [1.82, 2.24) is 14.9 Å². The van der Waals surface area contributed by atoms with E-state index in [9.17, 15) is 4.79 Å². The van der Waals surface area contributed by atoms with Crippen LogP contribution in [0.25, 0.3) is 10.2 Å². The van der Waals surface area contributed by atoms with Crippen LogP contribution in [0.2, 0.25) is 0 Å². The summed E-state index contributed by atoms with van der Waals surface area (Å²) >= 11 is 1.51. The Balaban J connectivity index is 2.02. The molecule has 2 atom stereocenters. The summed E-state index contributed by atoms with van der Waals surface area (Å²) in [6.45, 7) is 14.2. The molecule has 1 aliphatic heterocycles. The van der Waals surface area contributed by atoms with Gasteiger partial charge in [-0.05, 0) is 44.6 Å². The number of likely N-dealkylation sites (tertiary alicyclic amines) is 1. The molecule has 0 aromatic carbocycles. The van der Waals surface area contributed by atoms with Gasteiger partial charge in [0, 0.05) is 26.2 Å². The maximum atomic E-state index is 13.2. The molecule has 0 radical (unpaired) electrons. The minimum absolute atomic E-state index is 0.157. The lowest BCUT2D eigenvalue weighted by atomic mass is 9.92. The number of aryl methyl sites for hydroxylation is 1. The Hall–Kier alpha value is -1.69. The van der Waals surface area contributed by atoms with E-state index in [2.05, 4.69) is 42.6 Å². The van der Waals surface area contributed by atoms with Gasteiger partial charge >= 0.3 is 0 Å². The van der Waals surface area contributed by atoms with E-state index in [4.69, 9.17) is 0 Å². The van der Waals surface area contributed by atoms with Crippen molar-refractivity contribution in [2.45, 2.75) is 41.0 Å². The number of carbonyl (C=O) groups is 1. The Morgan fingerprint density at radius 1 is 1.24 bits per heavy atom. The molecule has 1 saturated heterocycles. The summed E-state index contributed by atoms with van der Waals surface area (Å²) in [6.07, 6.45) is 2.82. The number of fused-ring (bicyclic) bond motifs is 1. The molecule has 0 bridgehead atoms. The Bertz CT molecular complexity index is 758. The Morgan fingerprint density at radius 3 is 2.48 bits per heavy atom. The third kappa shape index (κ3) is 3.36. The number of carbonyl (C=O) groups excluding carboxylic acids is 1. The summed E-state index contributed by atoms with van der Waals surface area (Å²) in [5, 5.41) is 1.04. The van der Waals surface area contributed by atoms with Crippen LogP contribution in [0.4, 0.5) is 5.82 Å². The molecule has 25 heavy (non-hydrogen) atoms. The lowest BCUT2D eigenvalue weighted by molar-refractivity contribution is 0.0627. The van der Waals surface area contributed by atoms with E-state index in [0.29, 0.717) is 11.8 Å². The van der Waals surface area contributed by atoms with Crippen LogP contribution in [0.15, 0.2) is 6.33 Å². The number of piperidine rings is 1. The van der Waals surface area contributed by atoms with Crippen molar-refractivity contribution in [1.29, 1.82) is 0 Å². The maximum absolute atomic E-state index is 13.2. The maximum Gasteiger partial charge on any atom is 0.264 e. The molecular weight excluding hydrogens is 332 g/mol. The minimum atomic E-state index is 0.157. The highest BCUT2D eigenvalue weighted by molar-refractivity contribution is 7.20. The van der Waals surface area contributed by atoms with E-state index in [1.807, 2.05) is 11.8 Å². The number of hydrogen-bond donors (Lipinski definition) is 0. The van der Waals surface area contributed by atoms with Crippen LogP contribution in [0.3, 0.4) is 0 Å². The standard InChI is InChI=1S/C19H28N4OS/c1-6-22(7-2)17-15-14(5)16(25-18(15)21-11-20-17)19(24)23-9-12(3)8-13(4)10-23/h11-13H,6-10H2,1-5H3. The van der Waals surface area contributed by atoms with Crippen molar-refractivity contribution >= 4 is 33.3 Å². The summed E-state index contributed by atoms with van der Waals surface area (Å²) in [4.78, 5) is 28.1. The highest BCUT2D eigenvalue weighted by Gasteiger charge is 2.29. The molecule has 0 N–H and O–H groups in total. The van der Waals surface area contributed by atoms with Gasteiger partial charge in [0.2, 0.25) is 0 Å². The second kappa shape index (κ2) is 7.28. The van der Waals surface area contributed by atoms with Gasteiger partial charge in [0.1, 0.15) is 17.0 Å². The van der Waals surface area contributed by atoms with Gasteiger partial charge in [-0.25, -0.2) is 9.97 Å². The lowest BCUT2D eigenvalue weighted by Crippen LogP contribution is -2.42. The molecule has 6 heteroatoms. The van der Waals surface area contributed by atoms with Crippen molar-refractivity contribution in [2.24, 2.45) is 11.8 Å². The molecule has 5 nitrogen and oxygen atoms in total. The first kappa shape index (κ1) is 18.1. The Morgan fingerprint density at radius 2 is 1.88 bits per heavy atom. The summed E-state index contributed by atoms with van der Waals surface area (Å²) in [5.41, 5.74) is 1.03. The second-order valence-electron chi connectivity index (χ2n) is 7.26. The quantitative estimate of drug-likeness (QED) is 0.828. The van der Waals surface area contributed by atoms with Crippen molar-refractivity contribution in [2.75, 3.05) is 31.1 Å². The molecule has 3 rings (SSSR count). The highest BCUT2D eigenvalue weighted by atomic mass is 32.1. The van der Waals surface area contributed by atoms with Gasteiger partial charge < -0.3 is 9.80 Å². The zero-order chi connectivity index (χ0) is 18.1. The van der Waals surface area contributed by atoms with Crippen LogP contribution in [-0.2, 0) is 0 Å². The zero-order valence-corrected chi connectivity index (χ0v) is 16.7. The van der Waals surface area contributed by atoms with Crippen LogP contribution in [-0.4, -0.2) is 47.0 Å². The molecule has 2 aromatic heterocycles. The van der Waals surface area contributed by atoms with E-state index in [0.717, 1.165) is 52.7 Å². The Kier molecular flexibility index (Phi) is 5.27. The monoisotopic (exact) mass is 360 g/mol. The largest absolute Gasteiger partial charge is 0.357 e. The average Bonchev–Trinajstić information content (AvgIpc) is 2.92. The van der Waals surface area contributed by atoms with E-state index in [1.165, 1.54) is 17.8 Å². The third-order valence-corrected chi connectivity index (χ3v) is 6.31. The molecule has 2 unspecified atom stereocenters. The number of amides is 1. The fourth-order valence-electron chi connectivity index (χ4n) is 3.99. The van der Waals surface area contributed by atoms with Gasteiger partial charge in [-0.1, -0.05) is 13.8 Å². The molecule has 2 aromatic rings. The number of aromatic nitrogens is 2.